The molecule has 3 rings (SSSR count). The second kappa shape index (κ2) is 9.80. The average molecular weight is 434 g/mol. The molecule has 8 nitrogen and oxygen atoms in total. The van der Waals surface area contributed by atoms with Crippen LogP contribution in [0, 0.1) is 11.8 Å². The third-order valence-corrected chi connectivity index (χ3v) is 6.68. The molecule has 164 valence electrons. The van der Waals surface area contributed by atoms with Crippen molar-refractivity contribution in [1.29, 1.82) is 0 Å². The average Bonchev–Trinajstić information content (AvgIpc) is 2.73. The molecule has 2 aliphatic rings. The number of urea groups is 1. The van der Waals surface area contributed by atoms with Gasteiger partial charge in [0.25, 0.3) is 0 Å². The summed E-state index contributed by atoms with van der Waals surface area (Å²) in [6.07, 6.45) is 0.422. The molecule has 0 radical (unpaired) electrons. The summed E-state index contributed by atoms with van der Waals surface area (Å²) in [6, 6.07) is 9.43. The molecule has 0 spiro atoms. The second-order valence-corrected chi connectivity index (χ2v) is 9.40. The van der Waals surface area contributed by atoms with Crippen molar-refractivity contribution in [2.24, 2.45) is 11.8 Å². The number of hydrogen-bond donors (Lipinski definition) is 3. The van der Waals surface area contributed by atoms with Gasteiger partial charge in [0.2, 0.25) is 11.8 Å². The molecule has 1 aromatic carbocycles. The quantitative estimate of drug-likeness (QED) is 0.602. The smallest absolute Gasteiger partial charge is 0.327 e. The molecule has 4 amide bonds. The lowest BCUT2D eigenvalue weighted by atomic mass is 9.95. The molecule has 4 atom stereocenters. The highest BCUT2D eigenvalue weighted by Gasteiger charge is 2.50. The third kappa shape index (κ3) is 5.14. The van der Waals surface area contributed by atoms with E-state index in [-0.39, 0.29) is 35.1 Å². The Kier molecular flexibility index (Phi) is 7.38. The molecular formula is C21H31N5O3S. The first-order valence-corrected chi connectivity index (χ1v) is 11.3. The first kappa shape index (κ1) is 22.6. The number of nitrogens with one attached hydrogen (secondary N) is 3. The van der Waals surface area contributed by atoms with Crippen molar-refractivity contribution in [1.82, 2.24) is 25.8 Å². The highest BCUT2D eigenvalue weighted by atomic mass is 32.2. The van der Waals surface area contributed by atoms with E-state index in [4.69, 9.17) is 0 Å². The fourth-order valence-corrected chi connectivity index (χ4v) is 5.05. The van der Waals surface area contributed by atoms with Gasteiger partial charge >= 0.3 is 6.03 Å². The zero-order chi connectivity index (χ0) is 21.8. The van der Waals surface area contributed by atoms with Crippen molar-refractivity contribution in [3.05, 3.63) is 35.9 Å². The molecule has 0 saturated carbocycles. The Morgan fingerprint density at radius 2 is 1.87 bits per heavy atom. The van der Waals surface area contributed by atoms with E-state index in [1.165, 1.54) is 18.8 Å². The predicted molar refractivity (Wildman–Crippen MR) is 117 cm³/mol. The van der Waals surface area contributed by atoms with Crippen LogP contribution >= 0.6 is 11.8 Å². The fourth-order valence-electron chi connectivity index (χ4n) is 3.89. The Balaban J connectivity index is 1.66. The normalized spacial score (nSPS) is 26.7. The predicted octanol–water partition coefficient (Wildman–Crippen LogP) is 1.39. The van der Waals surface area contributed by atoms with Gasteiger partial charge in [0.1, 0.15) is 0 Å². The van der Waals surface area contributed by atoms with Gasteiger partial charge < -0.3 is 10.2 Å². The summed E-state index contributed by atoms with van der Waals surface area (Å²) < 4.78 is 0. The Hall–Kier alpha value is -2.10. The van der Waals surface area contributed by atoms with Crippen LogP contribution in [-0.2, 0) is 16.1 Å². The highest BCUT2D eigenvalue weighted by molar-refractivity contribution is 8.00. The number of amides is 4. The number of nitrogens with zero attached hydrogens (tertiary/aromatic N) is 2. The lowest BCUT2D eigenvalue weighted by molar-refractivity contribution is -0.140. The summed E-state index contributed by atoms with van der Waals surface area (Å²) in [6.45, 7) is 4.73. The standard InChI is InChI=1S/C21H31N5O3S/c1-13(2)10-15-23-18-17(20(28)26(4)21(29)25(18)3)19(24-15)30-12-16(27)22-11-14-8-6-5-7-9-14/h5-9,13,15,17-19,23-24H,10-12H2,1-4H3,(H,22,27). The zero-order valence-corrected chi connectivity index (χ0v) is 18.7. The van der Waals surface area contributed by atoms with Gasteiger partial charge in [-0.3, -0.25) is 25.1 Å². The van der Waals surface area contributed by atoms with Crippen molar-refractivity contribution in [3.63, 3.8) is 0 Å². The van der Waals surface area contributed by atoms with Crippen molar-refractivity contribution in [2.45, 2.75) is 44.5 Å². The van der Waals surface area contributed by atoms with Crippen LogP contribution in [0.1, 0.15) is 25.8 Å². The van der Waals surface area contributed by atoms with Crippen LogP contribution in [0.5, 0.6) is 0 Å². The number of carbonyl (C=O) groups excluding carboxylic acids is 3. The number of fused-ring (bicyclic) bond motifs is 1. The molecule has 2 aliphatic heterocycles. The van der Waals surface area contributed by atoms with E-state index in [9.17, 15) is 14.4 Å². The van der Waals surface area contributed by atoms with E-state index >= 15 is 0 Å². The molecular weight excluding hydrogens is 402 g/mol. The van der Waals surface area contributed by atoms with Crippen molar-refractivity contribution in [3.8, 4) is 0 Å². The van der Waals surface area contributed by atoms with Crippen molar-refractivity contribution in [2.75, 3.05) is 19.8 Å². The molecule has 2 saturated heterocycles. The lowest BCUT2D eigenvalue weighted by Gasteiger charge is -2.50. The minimum absolute atomic E-state index is 0.0393. The largest absolute Gasteiger partial charge is 0.351 e. The number of carbonyl (C=O) groups is 3. The van der Waals surface area contributed by atoms with Crippen LogP contribution in [0.2, 0.25) is 0 Å². The summed E-state index contributed by atoms with van der Waals surface area (Å²) in [7, 11) is 3.22. The summed E-state index contributed by atoms with van der Waals surface area (Å²) in [5, 5.41) is 9.56. The van der Waals surface area contributed by atoms with Gasteiger partial charge in [0, 0.05) is 20.6 Å². The van der Waals surface area contributed by atoms with E-state index in [1.807, 2.05) is 30.3 Å². The third-order valence-electron chi connectivity index (χ3n) is 5.46. The van der Waals surface area contributed by atoms with Crippen molar-refractivity contribution < 1.29 is 14.4 Å². The minimum Gasteiger partial charge on any atom is -0.351 e. The SMILES string of the molecule is CC(C)CC1NC(SCC(=O)NCc2ccccc2)C2C(=O)N(C)C(=O)N(C)C2N1. The summed E-state index contributed by atoms with van der Waals surface area (Å²) in [5.41, 5.74) is 1.04. The monoisotopic (exact) mass is 433 g/mol. The van der Waals surface area contributed by atoms with Gasteiger partial charge in [0.15, 0.2) is 0 Å². The molecule has 0 aromatic heterocycles. The second-order valence-electron chi connectivity index (χ2n) is 8.27. The molecule has 2 fully saturated rings. The van der Waals surface area contributed by atoms with E-state index < -0.39 is 12.1 Å². The van der Waals surface area contributed by atoms with Gasteiger partial charge in [-0.05, 0) is 17.9 Å². The number of hydrogen-bond acceptors (Lipinski definition) is 6. The highest BCUT2D eigenvalue weighted by Crippen LogP contribution is 2.32. The molecule has 9 heteroatoms. The minimum atomic E-state index is -0.465. The maximum absolute atomic E-state index is 12.9. The Morgan fingerprint density at radius 1 is 1.17 bits per heavy atom. The van der Waals surface area contributed by atoms with Crippen LogP contribution in [0.3, 0.4) is 0 Å². The summed E-state index contributed by atoms with van der Waals surface area (Å²) in [4.78, 5) is 40.5. The number of rotatable bonds is 7. The lowest BCUT2D eigenvalue weighted by Crippen LogP contribution is -2.74. The number of imide groups is 1. The Morgan fingerprint density at radius 3 is 2.53 bits per heavy atom. The number of benzene rings is 1. The molecule has 2 heterocycles. The van der Waals surface area contributed by atoms with Gasteiger partial charge in [-0.1, -0.05) is 44.2 Å². The van der Waals surface area contributed by atoms with Crippen LogP contribution in [0.15, 0.2) is 30.3 Å². The number of thioether (sulfide) groups is 1. The van der Waals surface area contributed by atoms with Gasteiger partial charge in [-0.2, -0.15) is 0 Å². The van der Waals surface area contributed by atoms with Crippen LogP contribution < -0.4 is 16.0 Å². The fraction of sp³-hybridized carbons (Fsp3) is 0.571. The van der Waals surface area contributed by atoms with Gasteiger partial charge in [-0.25, -0.2) is 4.79 Å². The maximum atomic E-state index is 12.9. The van der Waals surface area contributed by atoms with Gasteiger partial charge in [0.05, 0.1) is 29.4 Å². The Bertz CT molecular complexity index is 775. The van der Waals surface area contributed by atoms with E-state index in [2.05, 4.69) is 29.8 Å². The first-order valence-electron chi connectivity index (χ1n) is 10.3. The maximum Gasteiger partial charge on any atom is 0.327 e. The van der Waals surface area contributed by atoms with E-state index in [0.29, 0.717) is 12.5 Å². The van der Waals surface area contributed by atoms with Gasteiger partial charge in [-0.15, -0.1) is 11.8 Å². The zero-order valence-electron chi connectivity index (χ0n) is 17.9. The van der Waals surface area contributed by atoms with E-state index in [0.717, 1.165) is 16.9 Å². The Labute approximate surface area is 182 Å². The van der Waals surface area contributed by atoms with E-state index in [1.54, 1.807) is 11.9 Å². The first-order chi connectivity index (χ1) is 14.3. The topological polar surface area (TPSA) is 93.8 Å². The molecule has 1 aromatic rings. The molecule has 0 bridgehead atoms. The molecule has 30 heavy (non-hydrogen) atoms. The molecule has 0 aliphatic carbocycles. The van der Waals surface area contributed by atoms with Crippen LogP contribution in [0.4, 0.5) is 4.79 Å². The van der Waals surface area contributed by atoms with Crippen molar-refractivity contribution >= 4 is 29.6 Å². The van der Waals surface area contributed by atoms with Crippen LogP contribution in [-0.4, -0.2) is 65.2 Å². The molecule has 3 N–H and O–H groups in total. The molecule has 4 unspecified atom stereocenters. The summed E-state index contributed by atoms with van der Waals surface area (Å²) >= 11 is 1.42. The summed E-state index contributed by atoms with van der Waals surface area (Å²) in [5.74, 6) is -0.102. The van der Waals surface area contributed by atoms with Crippen LogP contribution in [0.25, 0.3) is 0 Å².